The van der Waals surface area contributed by atoms with Gasteiger partial charge in [0.25, 0.3) is 0 Å². The second-order valence-electron chi connectivity index (χ2n) is 4.65. The molecule has 2 aromatic carbocycles. The zero-order chi connectivity index (χ0) is 16.3. The van der Waals surface area contributed by atoms with E-state index in [2.05, 4.69) is 0 Å². The minimum Gasteiger partial charge on any atom is -0.496 e. The normalized spacial score (nSPS) is 10.2. The first kappa shape index (κ1) is 15.7. The number of ether oxygens (including phenoxy) is 2. The predicted molar refractivity (Wildman–Crippen MR) is 79.7 cm³/mol. The minimum absolute atomic E-state index is 0.178. The third-order valence-electron chi connectivity index (χ3n) is 3.28. The summed E-state index contributed by atoms with van der Waals surface area (Å²) in [5, 5.41) is 0. The second kappa shape index (κ2) is 6.39. The van der Waals surface area contributed by atoms with Crippen molar-refractivity contribution in [3.05, 3.63) is 53.3 Å². The topological polar surface area (TPSA) is 52.6 Å². The lowest BCUT2D eigenvalue weighted by molar-refractivity contribution is 0.0601. The summed E-state index contributed by atoms with van der Waals surface area (Å²) >= 11 is 0. The van der Waals surface area contributed by atoms with Gasteiger partial charge in [-0.1, -0.05) is 12.1 Å². The van der Waals surface area contributed by atoms with Crippen LogP contribution < -0.4 is 4.74 Å². The molecule has 0 heterocycles. The van der Waals surface area contributed by atoms with Crippen molar-refractivity contribution in [2.45, 2.75) is 6.92 Å². The monoisotopic (exact) mass is 302 g/mol. The molecule has 0 amide bonds. The van der Waals surface area contributed by atoms with Crippen LogP contribution in [0.1, 0.15) is 27.6 Å². The fourth-order valence-corrected chi connectivity index (χ4v) is 2.17. The van der Waals surface area contributed by atoms with Gasteiger partial charge in [-0.05, 0) is 31.2 Å². The highest BCUT2D eigenvalue weighted by Crippen LogP contribution is 2.34. The van der Waals surface area contributed by atoms with E-state index in [9.17, 15) is 14.0 Å². The molecule has 0 N–H and O–H groups in total. The van der Waals surface area contributed by atoms with Crippen molar-refractivity contribution >= 4 is 11.8 Å². The van der Waals surface area contributed by atoms with Crippen LogP contribution in [0.4, 0.5) is 4.39 Å². The van der Waals surface area contributed by atoms with Crippen LogP contribution in [-0.2, 0) is 4.74 Å². The largest absolute Gasteiger partial charge is 0.496 e. The number of halogens is 1. The van der Waals surface area contributed by atoms with Gasteiger partial charge in [-0.2, -0.15) is 0 Å². The summed E-state index contributed by atoms with van der Waals surface area (Å²) in [5.74, 6) is -0.822. The summed E-state index contributed by atoms with van der Waals surface area (Å²) < 4.78 is 23.5. The third kappa shape index (κ3) is 2.98. The molecule has 0 saturated heterocycles. The van der Waals surface area contributed by atoms with Crippen LogP contribution in [0.15, 0.2) is 36.4 Å². The summed E-state index contributed by atoms with van der Waals surface area (Å²) in [6, 6.07) is 8.62. The number of carbonyl (C=O) groups excluding carboxylic acids is 2. The molecule has 5 heteroatoms. The smallest absolute Gasteiger partial charge is 0.338 e. The van der Waals surface area contributed by atoms with Crippen molar-refractivity contribution in [2.75, 3.05) is 14.2 Å². The van der Waals surface area contributed by atoms with E-state index in [0.29, 0.717) is 22.4 Å². The molecule has 0 saturated carbocycles. The molecule has 114 valence electrons. The quantitative estimate of drug-likeness (QED) is 0.641. The Bertz CT molecular complexity index is 737. The van der Waals surface area contributed by atoms with E-state index >= 15 is 0 Å². The lowest BCUT2D eigenvalue weighted by Crippen LogP contribution is -2.06. The van der Waals surface area contributed by atoms with Crippen LogP contribution in [0.5, 0.6) is 5.75 Å². The lowest BCUT2D eigenvalue weighted by atomic mass is 9.95. The van der Waals surface area contributed by atoms with Crippen LogP contribution in [-0.4, -0.2) is 26.0 Å². The molecule has 0 atom stereocenters. The van der Waals surface area contributed by atoms with Crippen LogP contribution in [0.3, 0.4) is 0 Å². The fraction of sp³-hybridized carbons (Fsp3) is 0.176. The number of Topliss-reactive ketones (excluding diaryl/α,β-unsaturated/α-hetero) is 1. The van der Waals surface area contributed by atoms with E-state index in [1.807, 2.05) is 0 Å². The molecule has 4 nitrogen and oxygen atoms in total. The van der Waals surface area contributed by atoms with E-state index in [1.54, 1.807) is 12.1 Å². The maximum absolute atomic E-state index is 13.6. The van der Waals surface area contributed by atoms with Gasteiger partial charge in [0.1, 0.15) is 11.6 Å². The molecule has 0 aliphatic heterocycles. The van der Waals surface area contributed by atoms with Gasteiger partial charge in [0.05, 0.1) is 19.8 Å². The first-order chi connectivity index (χ1) is 10.5. The third-order valence-corrected chi connectivity index (χ3v) is 3.28. The first-order valence-corrected chi connectivity index (χ1v) is 6.55. The van der Waals surface area contributed by atoms with Crippen molar-refractivity contribution in [2.24, 2.45) is 0 Å². The molecule has 0 aliphatic carbocycles. The summed E-state index contributed by atoms with van der Waals surface area (Å²) in [6.07, 6.45) is 0. The van der Waals surface area contributed by atoms with Crippen molar-refractivity contribution in [1.82, 2.24) is 0 Å². The Morgan fingerprint density at radius 1 is 1.00 bits per heavy atom. The molecule has 0 fully saturated rings. The number of esters is 1. The molecule has 22 heavy (non-hydrogen) atoms. The molecule has 0 bridgehead atoms. The van der Waals surface area contributed by atoms with Crippen LogP contribution in [0.25, 0.3) is 11.1 Å². The Hall–Kier alpha value is -2.69. The number of methoxy groups -OCH3 is 2. The molecule has 0 radical (unpaired) electrons. The zero-order valence-corrected chi connectivity index (χ0v) is 12.5. The van der Waals surface area contributed by atoms with Gasteiger partial charge in [0.15, 0.2) is 5.78 Å². The van der Waals surface area contributed by atoms with E-state index in [1.165, 1.54) is 45.4 Å². The van der Waals surface area contributed by atoms with Gasteiger partial charge >= 0.3 is 5.97 Å². The van der Waals surface area contributed by atoms with E-state index < -0.39 is 11.8 Å². The van der Waals surface area contributed by atoms with Crippen LogP contribution >= 0.6 is 0 Å². The van der Waals surface area contributed by atoms with E-state index in [0.717, 1.165) is 0 Å². The maximum Gasteiger partial charge on any atom is 0.338 e. The Balaban J connectivity index is 2.72. The first-order valence-electron chi connectivity index (χ1n) is 6.55. The molecule has 2 rings (SSSR count). The Kier molecular flexibility index (Phi) is 4.56. The zero-order valence-electron chi connectivity index (χ0n) is 12.5. The highest BCUT2D eigenvalue weighted by Gasteiger charge is 2.18. The van der Waals surface area contributed by atoms with Gasteiger partial charge < -0.3 is 9.47 Å². The van der Waals surface area contributed by atoms with Gasteiger partial charge in [0.2, 0.25) is 0 Å². The average molecular weight is 302 g/mol. The summed E-state index contributed by atoms with van der Waals surface area (Å²) in [4.78, 5) is 23.5. The number of hydrogen-bond donors (Lipinski definition) is 0. The van der Waals surface area contributed by atoms with Crippen LogP contribution in [0.2, 0.25) is 0 Å². The highest BCUT2D eigenvalue weighted by molar-refractivity contribution is 6.02. The number of hydrogen-bond acceptors (Lipinski definition) is 4. The molecule has 0 spiro atoms. The van der Waals surface area contributed by atoms with Gasteiger partial charge in [-0.25, -0.2) is 9.18 Å². The minimum atomic E-state index is -0.607. The molecule has 2 aromatic rings. The van der Waals surface area contributed by atoms with Crippen molar-refractivity contribution in [3.63, 3.8) is 0 Å². The molecular formula is C17H15FO4. The summed E-state index contributed by atoms with van der Waals surface area (Å²) in [6.45, 7) is 1.40. The van der Waals surface area contributed by atoms with Crippen LogP contribution in [0, 0.1) is 5.82 Å². The number of rotatable bonds is 4. The summed E-state index contributed by atoms with van der Waals surface area (Å²) in [7, 11) is 2.70. The molecular weight excluding hydrogens is 287 g/mol. The Morgan fingerprint density at radius 2 is 1.73 bits per heavy atom. The number of ketones is 1. The average Bonchev–Trinajstić information content (AvgIpc) is 2.53. The molecule has 0 aromatic heterocycles. The fourth-order valence-electron chi connectivity index (χ4n) is 2.17. The second-order valence-corrected chi connectivity index (χ2v) is 4.65. The van der Waals surface area contributed by atoms with Gasteiger partial charge in [0, 0.05) is 16.7 Å². The van der Waals surface area contributed by atoms with Gasteiger partial charge in [-0.15, -0.1) is 0 Å². The van der Waals surface area contributed by atoms with E-state index in [-0.39, 0.29) is 11.3 Å². The highest BCUT2D eigenvalue weighted by atomic mass is 19.1. The molecule has 0 unspecified atom stereocenters. The van der Waals surface area contributed by atoms with Crippen molar-refractivity contribution in [3.8, 4) is 16.9 Å². The maximum atomic E-state index is 13.6. The SMILES string of the molecule is COC(=O)c1cc(C(C)=O)ccc1-c1cc(F)ccc1OC. The van der Waals surface area contributed by atoms with Crippen molar-refractivity contribution < 1.29 is 23.5 Å². The Morgan fingerprint density at radius 3 is 2.32 bits per heavy atom. The standard InChI is InChI=1S/C17H15FO4/c1-10(19)11-4-6-13(15(8-11)17(20)22-3)14-9-12(18)5-7-16(14)21-2/h4-9H,1-3H3. The Labute approximate surface area is 127 Å². The van der Waals surface area contributed by atoms with E-state index in [4.69, 9.17) is 9.47 Å². The van der Waals surface area contributed by atoms with Crippen molar-refractivity contribution in [1.29, 1.82) is 0 Å². The number of carbonyl (C=O) groups is 2. The lowest BCUT2D eigenvalue weighted by Gasteiger charge is -2.13. The van der Waals surface area contributed by atoms with Gasteiger partial charge in [-0.3, -0.25) is 4.79 Å². The molecule has 0 aliphatic rings. The predicted octanol–water partition coefficient (Wildman–Crippen LogP) is 3.49. The summed E-state index contributed by atoms with van der Waals surface area (Å²) in [5.41, 5.74) is 1.41. The number of benzene rings is 2.